The summed E-state index contributed by atoms with van der Waals surface area (Å²) in [4.78, 5) is 5.24. The minimum absolute atomic E-state index is 0.793. The van der Waals surface area contributed by atoms with E-state index in [1.165, 1.54) is 0 Å². The molecule has 0 unspecified atom stereocenters. The lowest BCUT2D eigenvalue weighted by Crippen LogP contribution is -1.96. The number of para-hydroxylation sites is 1. The van der Waals surface area contributed by atoms with Crippen molar-refractivity contribution in [2.45, 2.75) is 26.7 Å². The SMILES string of the molecule is CCC(CC)=NOc1ccccc1. The van der Waals surface area contributed by atoms with Crippen molar-refractivity contribution < 1.29 is 4.84 Å². The van der Waals surface area contributed by atoms with Gasteiger partial charge in [0.2, 0.25) is 0 Å². The molecule has 0 atom stereocenters. The molecule has 0 N–H and O–H groups in total. The Morgan fingerprint density at radius 1 is 1.15 bits per heavy atom. The number of hydrogen-bond acceptors (Lipinski definition) is 2. The fourth-order valence-corrected chi connectivity index (χ4v) is 0.978. The molecule has 0 saturated heterocycles. The minimum Gasteiger partial charge on any atom is -0.357 e. The van der Waals surface area contributed by atoms with E-state index in [1.54, 1.807) is 0 Å². The molecule has 0 spiro atoms. The first kappa shape index (κ1) is 9.78. The molecule has 0 fully saturated rings. The maximum absolute atomic E-state index is 5.24. The van der Waals surface area contributed by atoms with Crippen LogP contribution < -0.4 is 4.84 Å². The first-order chi connectivity index (χ1) is 6.36. The zero-order chi connectivity index (χ0) is 9.52. The van der Waals surface area contributed by atoms with Crippen LogP contribution in [0.1, 0.15) is 26.7 Å². The normalized spacial score (nSPS) is 9.38. The molecule has 2 nitrogen and oxygen atoms in total. The van der Waals surface area contributed by atoms with Gasteiger partial charge in [0.1, 0.15) is 0 Å². The molecule has 1 rings (SSSR count). The summed E-state index contributed by atoms with van der Waals surface area (Å²) in [5, 5.41) is 4.05. The third-order valence-electron chi connectivity index (χ3n) is 1.84. The Morgan fingerprint density at radius 2 is 1.77 bits per heavy atom. The highest BCUT2D eigenvalue weighted by Crippen LogP contribution is 2.09. The first-order valence-corrected chi connectivity index (χ1v) is 4.64. The van der Waals surface area contributed by atoms with Crippen LogP contribution in [-0.2, 0) is 0 Å². The lowest BCUT2D eigenvalue weighted by atomic mass is 10.2. The highest BCUT2D eigenvalue weighted by Gasteiger charge is 1.93. The summed E-state index contributed by atoms with van der Waals surface area (Å²) < 4.78 is 0. The van der Waals surface area contributed by atoms with Crippen molar-refractivity contribution >= 4 is 5.71 Å². The second-order valence-electron chi connectivity index (χ2n) is 2.77. The van der Waals surface area contributed by atoms with Crippen LogP contribution in [-0.4, -0.2) is 5.71 Å². The molecule has 2 heteroatoms. The van der Waals surface area contributed by atoms with E-state index < -0.39 is 0 Å². The van der Waals surface area contributed by atoms with Crippen LogP contribution in [0, 0.1) is 0 Å². The van der Waals surface area contributed by atoms with Crippen molar-refractivity contribution in [1.82, 2.24) is 0 Å². The van der Waals surface area contributed by atoms with Gasteiger partial charge in [0.25, 0.3) is 0 Å². The first-order valence-electron chi connectivity index (χ1n) is 4.64. The second-order valence-corrected chi connectivity index (χ2v) is 2.77. The fourth-order valence-electron chi connectivity index (χ4n) is 0.978. The van der Waals surface area contributed by atoms with E-state index in [0.717, 1.165) is 24.3 Å². The van der Waals surface area contributed by atoms with Crippen molar-refractivity contribution in [1.29, 1.82) is 0 Å². The lowest BCUT2D eigenvalue weighted by molar-refractivity contribution is 0.339. The molecule has 1 aromatic rings. The number of benzene rings is 1. The zero-order valence-corrected chi connectivity index (χ0v) is 8.16. The Bertz CT molecular complexity index is 261. The Balaban J connectivity index is 2.55. The fraction of sp³-hybridized carbons (Fsp3) is 0.364. The van der Waals surface area contributed by atoms with Gasteiger partial charge in [-0.1, -0.05) is 37.2 Å². The van der Waals surface area contributed by atoms with E-state index in [2.05, 4.69) is 19.0 Å². The second kappa shape index (κ2) is 5.36. The van der Waals surface area contributed by atoms with Gasteiger partial charge in [-0.05, 0) is 25.0 Å². The molecule has 13 heavy (non-hydrogen) atoms. The van der Waals surface area contributed by atoms with Crippen LogP contribution in [0.15, 0.2) is 35.5 Å². The van der Waals surface area contributed by atoms with Crippen molar-refractivity contribution in [3.8, 4) is 5.75 Å². The number of hydrogen-bond donors (Lipinski definition) is 0. The molecule has 0 aliphatic carbocycles. The van der Waals surface area contributed by atoms with Gasteiger partial charge >= 0.3 is 0 Å². The van der Waals surface area contributed by atoms with Crippen LogP contribution in [0.3, 0.4) is 0 Å². The Kier molecular flexibility index (Phi) is 4.03. The quantitative estimate of drug-likeness (QED) is 0.511. The van der Waals surface area contributed by atoms with E-state index >= 15 is 0 Å². The van der Waals surface area contributed by atoms with Crippen LogP contribution in [0.4, 0.5) is 0 Å². The van der Waals surface area contributed by atoms with E-state index in [0.29, 0.717) is 0 Å². The standard InChI is InChI=1S/C11H15NO/c1-3-10(4-2)12-13-11-8-6-5-7-9-11/h5-9H,3-4H2,1-2H3. The molecule has 0 aliphatic heterocycles. The summed E-state index contributed by atoms with van der Waals surface area (Å²) in [7, 11) is 0. The molecule has 0 radical (unpaired) electrons. The van der Waals surface area contributed by atoms with Gasteiger partial charge < -0.3 is 4.84 Å². The molecular weight excluding hydrogens is 162 g/mol. The van der Waals surface area contributed by atoms with Gasteiger partial charge in [0, 0.05) is 0 Å². The number of oxime groups is 1. The maximum Gasteiger partial charge on any atom is 0.157 e. The third-order valence-corrected chi connectivity index (χ3v) is 1.84. The Morgan fingerprint density at radius 3 is 2.31 bits per heavy atom. The topological polar surface area (TPSA) is 21.6 Å². The van der Waals surface area contributed by atoms with E-state index in [4.69, 9.17) is 4.84 Å². The van der Waals surface area contributed by atoms with Crippen LogP contribution >= 0.6 is 0 Å². The van der Waals surface area contributed by atoms with Gasteiger partial charge in [-0.25, -0.2) is 0 Å². The van der Waals surface area contributed by atoms with Crippen molar-refractivity contribution in [3.05, 3.63) is 30.3 Å². The predicted molar refractivity (Wildman–Crippen MR) is 55.1 cm³/mol. The van der Waals surface area contributed by atoms with Gasteiger partial charge in [0.15, 0.2) is 5.75 Å². The summed E-state index contributed by atoms with van der Waals surface area (Å²) in [5.41, 5.74) is 1.09. The summed E-state index contributed by atoms with van der Waals surface area (Å²) in [6.07, 6.45) is 1.90. The largest absolute Gasteiger partial charge is 0.357 e. The monoisotopic (exact) mass is 177 g/mol. The van der Waals surface area contributed by atoms with Crippen LogP contribution in [0.5, 0.6) is 5.75 Å². The van der Waals surface area contributed by atoms with E-state index in [9.17, 15) is 0 Å². The molecular formula is C11H15NO. The van der Waals surface area contributed by atoms with Gasteiger partial charge in [0.05, 0.1) is 5.71 Å². The maximum atomic E-state index is 5.24. The average Bonchev–Trinajstić information content (AvgIpc) is 2.21. The highest BCUT2D eigenvalue weighted by molar-refractivity contribution is 5.83. The summed E-state index contributed by atoms with van der Waals surface area (Å²) >= 11 is 0. The molecule has 0 heterocycles. The molecule has 0 aliphatic rings. The smallest absolute Gasteiger partial charge is 0.157 e. The van der Waals surface area contributed by atoms with Crippen molar-refractivity contribution in [3.63, 3.8) is 0 Å². The minimum atomic E-state index is 0.793. The molecule has 0 saturated carbocycles. The van der Waals surface area contributed by atoms with Gasteiger partial charge in [-0.3, -0.25) is 0 Å². The molecule has 0 bridgehead atoms. The summed E-state index contributed by atoms with van der Waals surface area (Å²) in [5.74, 6) is 0.793. The Labute approximate surface area is 79.2 Å². The van der Waals surface area contributed by atoms with Crippen LogP contribution in [0.25, 0.3) is 0 Å². The lowest BCUT2D eigenvalue weighted by Gasteiger charge is -2.00. The molecule has 70 valence electrons. The third kappa shape index (κ3) is 3.28. The van der Waals surface area contributed by atoms with Crippen molar-refractivity contribution in [2.24, 2.45) is 5.16 Å². The number of nitrogens with zero attached hydrogens (tertiary/aromatic N) is 1. The van der Waals surface area contributed by atoms with Gasteiger partial charge in [-0.15, -0.1) is 0 Å². The predicted octanol–water partition coefficient (Wildman–Crippen LogP) is 3.24. The van der Waals surface area contributed by atoms with Crippen molar-refractivity contribution in [2.75, 3.05) is 0 Å². The average molecular weight is 177 g/mol. The number of rotatable bonds is 4. The van der Waals surface area contributed by atoms with Gasteiger partial charge in [-0.2, -0.15) is 0 Å². The Hall–Kier alpha value is -1.31. The van der Waals surface area contributed by atoms with E-state index in [1.807, 2.05) is 30.3 Å². The molecule has 0 amide bonds. The highest BCUT2D eigenvalue weighted by atomic mass is 16.6. The summed E-state index contributed by atoms with van der Waals surface area (Å²) in [6.45, 7) is 4.16. The zero-order valence-electron chi connectivity index (χ0n) is 8.16. The molecule has 0 aromatic heterocycles. The van der Waals surface area contributed by atoms with Crippen LogP contribution in [0.2, 0.25) is 0 Å². The summed E-state index contributed by atoms with van der Waals surface area (Å²) in [6, 6.07) is 9.61. The molecule has 1 aromatic carbocycles. The van der Waals surface area contributed by atoms with E-state index in [-0.39, 0.29) is 0 Å².